The quantitative estimate of drug-likeness (QED) is 0.528. The van der Waals surface area contributed by atoms with Gasteiger partial charge >= 0.3 is 0 Å². The average Bonchev–Trinajstić information content (AvgIpc) is 2.71. The van der Waals surface area contributed by atoms with Crippen molar-refractivity contribution >= 4 is 10.8 Å². The summed E-state index contributed by atoms with van der Waals surface area (Å²) in [5, 5.41) is 11.7. The van der Waals surface area contributed by atoms with Crippen molar-refractivity contribution < 1.29 is 0 Å². The molecule has 4 rings (SSSR count). The van der Waals surface area contributed by atoms with Crippen LogP contribution in [0.2, 0.25) is 0 Å². The molecule has 0 bridgehead atoms. The number of nitrogens with zero attached hydrogens (tertiary/aromatic N) is 2. The number of pyridine rings is 1. The second-order valence-electron chi connectivity index (χ2n) is 6.59. The van der Waals surface area contributed by atoms with E-state index in [1.165, 1.54) is 0 Å². The third-order valence-electron chi connectivity index (χ3n) is 4.89. The molecule has 0 saturated heterocycles. The topological polar surface area (TPSA) is 45.8 Å². The lowest BCUT2D eigenvalue weighted by Gasteiger charge is -2.16. The third kappa shape index (κ3) is 3.02. The van der Waals surface area contributed by atoms with Gasteiger partial charge in [0.05, 0.1) is 12.2 Å². The van der Waals surface area contributed by atoms with Gasteiger partial charge in [0.2, 0.25) is 0 Å². The van der Waals surface area contributed by atoms with Crippen LogP contribution in [0.5, 0.6) is 0 Å². The van der Waals surface area contributed by atoms with Crippen molar-refractivity contribution in [2.45, 2.75) is 13.5 Å². The van der Waals surface area contributed by atoms with Crippen molar-refractivity contribution in [3.63, 3.8) is 0 Å². The van der Waals surface area contributed by atoms with Gasteiger partial charge < -0.3 is 4.57 Å². The Kier molecular flexibility index (Phi) is 4.32. The molecule has 0 unspecified atom stereocenters. The number of hydrogen-bond acceptors (Lipinski definition) is 2. The molecular weight excluding hydrogens is 332 g/mol. The standard InChI is InChI=1S/C24H18N2O/c1-17-14-23(19-9-3-2-4-10-19)26(24(27)22(17)15-25)16-20-12-7-11-18-8-5-6-13-21(18)20/h2-14H,16H2,1H3. The highest BCUT2D eigenvalue weighted by atomic mass is 16.1. The molecule has 0 aliphatic rings. The van der Waals surface area contributed by atoms with Crippen LogP contribution in [0.4, 0.5) is 0 Å². The van der Waals surface area contributed by atoms with Crippen molar-refractivity contribution in [3.05, 3.63) is 106 Å². The maximum atomic E-state index is 13.1. The Labute approximate surface area is 157 Å². The number of benzene rings is 3. The van der Waals surface area contributed by atoms with Crippen LogP contribution in [0.25, 0.3) is 22.0 Å². The first-order valence-electron chi connectivity index (χ1n) is 8.85. The van der Waals surface area contributed by atoms with Crippen molar-refractivity contribution in [3.8, 4) is 17.3 Å². The molecule has 1 heterocycles. The van der Waals surface area contributed by atoms with E-state index in [0.717, 1.165) is 27.6 Å². The zero-order valence-electron chi connectivity index (χ0n) is 15.0. The van der Waals surface area contributed by atoms with Crippen LogP contribution in [0.15, 0.2) is 83.7 Å². The monoisotopic (exact) mass is 350 g/mol. The number of aryl methyl sites for hydroxylation is 1. The molecule has 0 spiro atoms. The Balaban J connectivity index is 1.96. The number of rotatable bonds is 3. The highest BCUT2D eigenvalue weighted by Crippen LogP contribution is 2.24. The van der Waals surface area contributed by atoms with Gasteiger partial charge in [-0.1, -0.05) is 72.8 Å². The molecule has 4 aromatic rings. The lowest BCUT2D eigenvalue weighted by Crippen LogP contribution is -2.26. The Morgan fingerprint density at radius 2 is 1.63 bits per heavy atom. The fourth-order valence-electron chi connectivity index (χ4n) is 3.51. The van der Waals surface area contributed by atoms with E-state index in [1.54, 1.807) is 4.57 Å². The number of fused-ring (bicyclic) bond motifs is 1. The summed E-state index contributed by atoms with van der Waals surface area (Å²) in [5.41, 5.74) is 3.50. The van der Waals surface area contributed by atoms with Gasteiger partial charge in [-0.05, 0) is 40.5 Å². The molecule has 0 atom stereocenters. The minimum absolute atomic E-state index is 0.204. The number of nitriles is 1. The summed E-state index contributed by atoms with van der Waals surface area (Å²) in [6.45, 7) is 2.23. The van der Waals surface area contributed by atoms with Crippen LogP contribution in [0.3, 0.4) is 0 Å². The Bertz CT molecular complexity index is 1230. The summed E-state index contributed by atoms with van der Waals surface area (Å²) in [7, 11) is 0. The molecule has 0 radical (unpaired) electrons. The summed E-state index contributed by atoms with van der Waals surface area (Å²) < 4.78 is 1.71. The van der Waals surface area contributed by atoms with E-state index in [2.05, 4.69) is 24.3 Å². The first-order chi connectivity index (χ1) is 13.2. The zero-order valence-corrected chi connectivity index (χ0v) is 15.0. The van der Waals surface area contributed by atoms with Gasteiger partial charge in [-0.25, -0.2) is 0 Å². The molecule has 3 aromatic carbocycles. The number of hydrogen-bond donors (Lipinski definition) is 0. The fraction of sp³-hybridized carbons (Fsp3) is 0.0833. The van der Waals surface area contributed by atoms with Crippen LogP contribution in [-0.4, -0.2) is 4.57 Å². The second-order valence-corrected chi connectivity index (χ2v) is 6.59. The maximum absolute atomic E-state index is 13.1. The minimum atomic E-state index is -0.246. The largest absolute Gasteiger partial charge is 0.303 e. The van der Waals surface area contributed by atoms with Gasteiger partial charge in [0.25, 0.3) is 5.56 Å². The molecule has 0 aliphatic carbocycles. The van der Waals surface area contributed by atoms with Crippen LogP contribution >= 0.6 is 0 Å². The average molecular weight is 350 g/mol. The molecule has 0 amide bonds. The van der Waals surface area contributed by atoms with Crippen LogP contribution in [-0.2, 0) is 6.54 Å². The molecule has 0 saturated carbocycles. The van der Waals surface area contributed by atoms with Crippen LogP contribution < -0.4 is 5.56 Å². The van der Waals surface area contributed by atoms with E-state index in [0.29, 0.717) is 12.1 Å². The lowest BCUT2D eigenvalue weighted by atomic mass is 10.0. The van der Waals surface area contributed by atoms with Gasteiger partial charge in [0.1, 0.15) is 11.6 Å². The van der Waals surface area contributed by atoms with E-state index in [4.69, 9.17) is 0 Å². The van der Waals surface area contributed by atoms with E-state index < -0.39 is 0 Å². The predicted octanol–water partition coefficient (Wildman–Crippen LogP) is 4.90. The summed E-state index contributed by atoms with van der Waals surface area (Å²) >= 11 is 0. The van der Waals surface area contributed by atoms with E-state index >= 15 is 0 Å². The first-order valence-corrected chi connectivity index (χ1v) is 8.85. The van der Waals surface area contributed by atoms with Gasteiger partial charge in [-0.3, -0.25) is 4.79 Å². The summed E-state index contributed by atoms with van der Waals surface area (Å²) in [4.78, 5) is 13.1. The predicted molar refractivity (Wildman–Crippen MR) is 109 cm³/mol. The Morgan fingerprint density at radius 1 is 0.926 bits per heavy atom. The van der Waals surface area contributed by atoms with E-state index in [1.807, 2.05) is 67.6 Å². The Morgan fingerprint density at radius 3 is 2.41 bits per heavy atom. The van der Waals surface area contributed by atoms with Crippen molar-refractivity contribution in [1.82, 2.24) is 4.57 Å². The molecule has 0 N–H and O–H groups in total. The SMILES string of the molecule is Cc1cc(-c2ccccc2)n(Cc2cccc3ccccc23)c(=O)c1C#N. The second kappa shape index (κ2) is 6.93. The first kappa shape index (κ1) is 16.8. The molecule has 3 nitrogen and oxygen atoms in total. The smallest absolute Gasteiger partial charge is 0.269 e. The molecule has 27 heavy (non-hydrogen) atoms. The highest BCUT2D eigenvalue weighted by Gasteiger charge is 2.15. The third-order valence-corrected chi connectivity index (χ3v) is 4.89. The molecule has 0 fully saturated rings. The summed E-state index contributed by atoms with van der Waals surface area (Å²) in [5.74, 6) is 0. The van der Waals surface area contributed by atoms with Gasteiger partial charge in [0, 0.05) is 0 Å². The van der Waals surface area contributed by atoms with E-state index in [9.17, 15) is 10.1 Å². The molecule has 1 aromatic heterocycles. The normalized spacial score (nSPS) is 10.7. The zero-order chi connectivity index (χ0) is 18.8. The van der Waals surface area contributed by atoms with Gasteiger partial charge in [-0.15, -0.1) is 0 Å². The van der Waals surface area contributed by atoms with Crippen molar-refractivity contribution in [2.75, 3.05) is 0 Å². The fourth-order valence-corrected chi connectivity index (χ4v) is 3.51. The summed E-state index contributed by atoms with van der Waals surface area (Å²) in [6.07, 6.45) is 0. The maximum Gasteiger partial charge on any atom is 0.269 e. The van der Waals surface area contributed by atoms with Crippen LogP contribution in [0.1, 0.15) is 16.7 Å². The van der Waals surface area contributed by atoms with Gasteiger partial charge in [-0.2, -0.15) is 5.26 Å². The number of aromatic nitrogens is 1. The van der Waals surface area contributed by atoms with E-state index in [-0.39, 0.29) is 11.1 Å². The molecular formula is C24H18N2O. The lowest BCUT2D eigenvalue weighted by molar-refractivity contribution is 0.767. The molecule has 3 heteroatoms. The van der Waals surface area contributed by atoms with Gasteiger partial charge in [0.15, 0.2) is 0 Å². The minimum Gasteiger partial charge on any atom is -0.303 e. The Hall–Kier alpha value is -3.64. The summed E-state index contributed by atoms with van der Waals surface area (Å²) in [6, 6.07) is 28.1. The van der Waals surface area contributed by atoms with Crippen molar-refractivity contribution in [1.29, 1.82) is 5.26 Å². The van der Waals surface area contributed by atoms with Crippen LogP contribution in [0, 0.1) is 18.3 Å². The molecule has 130 valence electrons. The molecule has 0 aliphatic heterocycles. The van der Waals surface area contributed by atoms with Crippen molar-refractivity contribution in [2.24, 2.45) is 0 Å². The highest BCUT2D eigenvalue weighted by molar-refractivity contribution is 5.85.